The second-order valence-electron chi connectivity index (χ2n) is 6.26. The highest BCUT2D eigenvalue weighted by Crippen LogP contribution is 2.30. The number of aliphatic carboxylic acids is 1. The van der Waals surface area contributed by atoms with Gasteiger partial charge in [-0.05, 0) is 44.4 Å². The van der Waals surface area contributed by atoms with Crippen LogP contribution in [0.4, 0.5) is 4.79 Å². The van der Waals surface area contributed by atoms with Gasteiger partial charge < -0.3 is 20.4 Å². The summed E-state index contributed by atoms with van der Waals surface area (Å²) in [7, 11) is 0. The number of carboxylic acid groups (broad SMARTS) is 1. The molecule has 2 amide bonds. The van der Waals surface area contributed by atoms with Crippen LogP contribution in [0.1, 0.15) is 25.8 Å². The van der Waals surface area contributed by atoms with Crippen LogP contribution in [0.15, 0.2) is 24.3 Å². The van der Waals surface area contributed by atoms with Crippen molar-refractivity contribution >= 4 is 12.0 Å². The normalized spacial score (nSPS) is 22.4. The van der Waals surface area contributed by atoms with E-state index in [2.05, 4.69) is 5.32 Å². The SMILES string of the molecule is CC(Cc1cccc(O)c1)NC(=O)N1CCC(C)(C(=O)O)C1. The van der Waals surface area contributed by atoms with Crippen molar-refractivity contribution in [2.45, 2.75) is 32.7 Å². The lowest BCUT2D eigenvalue weighted by molar-refractivity contribution is -0.146. The number of aromatic hydroxyl groups is 1. The smallest absolute Gasteiger partial charge is 0.317 e. The Balaban J connectivity index is 1.88. The third-order valence-electron chi connectivity index (χ3n) is 4.10. The van der Waals surface area contributed by atoms with E-state index in [9.17, 15) is 19.8 Å². The van der Waals surface area contributed by atoms with Crippen molar-refractivity contribution in [1.82, 2.24) is 10.2 Å². The number of benzene rings is 1. The fourth-order valence-electron chi connectivity index (χ4n) is 2.70. The van der Waals surface area contributed by atoms with E-state index in [0.29, 0.717) is 19.4 Å². The number of urea groups is 1. The fraction of sp³-hybridized carbons (Fsp3) is 0.500. The number of carbonyl (C=O) groups excluding carboxylic acids is 1. The maximum absolute atomic E-state index is 12.2. The summed E-state index contributed by atoms with van der Waals surface area (Å²) in [5.74, 6) is -0.664. The zero-order valence-electron chi connectivity index (χ0n) is 12.9. The molecule has 2 rings (SSSR count). The fourth-order valence-corrected chi connectivity index (χ4v) is 2.70. The third-order valence-corrected chi connectivity index (χ3v) is 4.10. The zero-order valence-corrected chi connectivity index (χ0v) is 12.9. The first-order valence-electron chi connectivity index (χ1n) is 7.37. The van der Waals surface area contributed by atoms with Crippen molar-refractivity contribution in [3.05, 3.63) is 29.8 Å². The van der Waals surface area contributed by atoms with Gasteiger partial charge in [0.25, 0.3) is 0 Å². The van der Waals surface area contributed by atoms with E-state index < -0.39 is 11.4 Å². The first-order chi connectivity index (χ1) is 10.3. The molecule has 0 aromatic heterocycles. The molecule has 1 aromatic carbocycles. The van der Waals surface area contributed by atoms with Gasteiger partial charge in [-0.3, -0.25) is 4.79 Å². The van der Waals surface area contributed by atoms with Crippen molar-refractivity contribution in [2.75, 3.05) is 13.1 Å². The molecule has 6 nitrogen and oxygen atoms in total. The quantitative estimate of drug-likeness (QED) is 0.791. The molecule has 2 unspecified atom stereocenters. The number of hydrogen-bond acceptors (Lipinski definition) is 3. The minimum atomic E-state index is -0.865. The van der Waals surface area contributed by atoms with Crippen molar-refractivity contribution < 1.29 is 19.8 Å². The Morgan fingerprint density at radius 1 is 1.45 bits per heavy atom. The number of carbonyl (C=O) groups is 2. The first-order valence-corrected chi connectivity index (χ1v) is 7.37. The molecule has 1 heterocycles. The lowest BCUT2D eigenvalue weighted by atomic mass is 9.90. The van der Waals surface area contributed by atoms with E-state index in [0.717, 1.165) is 5.56 Å². The number of phenols is 1. The average molecular weight is 306 g/mol. The number of rotatable bonds is 4. The van der Waals surface area contributed by atoms with Crippen molar-refractivity contribution in [3.63, 3.8) is 0 Å². The molecule has 1 aromatic rings. The molecule has 0 aliphatic carbocycles. The summed E-state index contributed by atoms with van der Waals surface area (Å²) in [5, 5.41) is 21.5. The van der Waals surface area contributed by atoms with Gasteiger partial charge in [-0.15, -0.1) is 0 Å². The standard InChI is InChI=1S/C16H22N2O4/c1-11(8-12-4-3-5-13(19)9-12)17-15(22)18-7-6-16(2,10-18)14(20)21/h3-5,9,11,19H,6-8,10H2,1-2H3,(H,17,22)(H,20,21). The molecular formula is C16H22N2O4. The number of nitrogens with one attached hydrogen (secondary N) is 1. The lowest BCUT2D eigenvalue weighted by Gasteiger charge is -2.23. The van der Waals surface area contributed by atoms with Crippen LogP contribution in [0.25, 0.3) is 0 Å². The van der Waals surface area contributed by atoms with Gasteiger partial charge >= 0.3 is 12.0 Å². The summed E-state index contributed by atoms with van der Waals surface area (Å²) in [4.78, 5) is 24.9. The average Bonchev–Trinajstić information content (AvgIpc) is 2.83. The molecule has 22 heavy (non-hydrogen) atoms. The maximum atomic E-state index is 12.2. The predicted octanol–water partition coefficient (Wildman–Crippen LogP) is 1.83. The van der Waals surface area contributed by atoms with Gasteiger partial charge in [0.2, 0.25) is 0 Å². The van der Waals surface area contributed by atoms with Crippen molar-refractivity contribution in [3.8, 4) is 5.75 Å². The second kappa shape index (κ2) is 6.25. The van der Waals surface area contributed by atoms with Gasteiger partial charge in [-0.2, -0.15) is 0 Å². The number of nitrogens with zero attached hydrogens (tertiary/aromatic N) is 1. The van der Waals surface area contributed by atoms with E-state index in [-0.39, 0.29) is 24.4 Å². The summed E-state index contributed by atoms with van der Waals surface area (Å²) >= 11 is 0. The molecule has 1 aliphatic rings. The Labute approximate surface area is 129 Å². The van der Waals surface area contributed by atoms with E-state index in [4.69, 9.17) is 0 Å². The topological polar surface area (TPSA) is 89.9 Å². The van der Waals surface area contributed by atoms with Crippen LogP contribution in [0.3, 0.4) is 0 Å². The molecule has 2 atom stereocenters. The van der Waals surface area contributed by atoms with Crippen molar-refractivity contribution in [2.24, 2.45) is 5.41 Å². The zero-order chi connectivity index (χ0) is 16.3. The highest BCUT2D eigenvalue weighted by atomic mass is 16.4. The van der Waals surface area contributed by atoms with Gasteiger partial charge in [0.1, 0.15) is 5.75 Å². The highest BCUT2D eigenvalue weighted by Gasteiger charge is 2.42. The monoisotopic (exact) mass is 306 g/mol. The number of likely N-dealkylation sites (tertiary alicyclic amines) is 1. The van der Waals surface area contributed by atoms with Gasteiger partial charge in [0.05, 0.1) is 5.41 Å². The summed E-state index contributed by atoms with van der Waals surface area (Å²) in [5.41, 5.74) is 0.0795. The minimum Gasteiger partial charge on any atom is -0.508 e. The van der Waals surface area contributed by atoms with Gasteiger partial charge in [-0.25, -0.2) is 4.79 Å². The summed E-state index contributed by atoms with van der Waals surface area (Å²) in [6.45, 7) is 4.23. The largest absolute Gasteiger partial charge is 0.508 e. The van der Waals surface area contributed by atoms with Crippen LogP contribution in [0.5, 0.6) is 5.75 Å². The molecule has 1 fully saturated rings. The van der Waals surface area contributed by atoms with Crippen LogP contribution < -0.4 is 5.32 Å². The molecule has 1 aliphatic heterocycles. The second-order valence-corrected chi connectivity index (χ2v) is 6.26. The molecule has 0 saturated carbocycles. The Hall–Kier alpha value is -2.24. The van der Waals surface area contributed by atoms with Crippen LogP contribution in [0.2, 0.25) is 0 Å². The Morgan fingerprint density at radius 2 is 2.18 bits per heavy atom. The lowest BCUT2D eigenvalue weighted by Crippen LogP contribution is -2.44. The molecule has 0 spiro atoms. The molecule has 120 valence electrons. The number of phenolic OH excluding ortho intramolecular Hbond substituents is 1. The maximum Gasteiger partial charge on any atom is 0.317 e. The Kier molecular flexibility index (Phi) is 4.59. The molecule has 6 heteroatoms. The van der Waals surface area contributed by atoms with Crippen LogP contribution >= 0.6 is 0 Å². The molecule has 0 bridgehead atoms. The van der Waals surface area contributed by atoms with Crippen molar-refractivity contribution in [1.29, 1.82) is 0 Å². The summed E-state index contributed by atoms with van der Waals surface area (Å²) < 4.78 is 0. The number of carboxylic acids is 1. The first kappa shape index (κ1) is 16.1. The van der Waals surface area contributed by atoms with Gasteiger partial charge in [-0.1, -0.05) is 12.1 Å². The molecular weight excluding hydrogens is 284 g/mol. The predicted molar refractivity (Wildman–Crippen MR) is 81.7 cm³/mol. The van der Waals surface area contributed by atoms with Crippen LogP contribution in [-0.2, 0) is 11.2 Å². The third kappa shape index (κ3) is 3.69. The van der Waals surface area contributed by atoms with Crippen LogP contribution in [0, 0.1) is 5.41 Å². The van der Waals surface area contributed by atoms with E-state index >= 15 is 0 Å². The van der Waals surface area contributed by atoms with Gasteiger partial charge in [0, 0.05) is 19.1 Å². The molecule has 1 saturated heterocycles. The summed E-state index contributed by atoms with van der Waals surface area (Å²) in [6.07, 6.45) is 1.07. The van der Waals surface area contributed by atoms with E-state index in [1.165, 1.54) is 0 Å². The Morgan fingerprint density at radius 3 is 2.77 bits per heavy atom. The highest BCUT2D eigenvalue weighted by molar-refractivity contribution is 5.79. The van der Waals surface area contributed by atoms with E-state index in [1.807, 2.05) is 13.0 Å². The van der Waals surface area contributed by atoms with E-state index in [1.54, 1.807) is 30.0 Å². The Bertz CT molecular complexity index is 575. The number of hydrogen-bond donors (Lipinski definition) is 3. The number of amides is 2. The molecule has 0 radical (unpaired) electrons. The van der Waals surface area contributed by atoms with Crippen LogP contribution in [-0.4, -0.2) is 46.2 Å². The molecule has 3 N–H and O–H groups in total. The summed E-state index contributed by atoms with van der Waals surface area (Å²) in [6, 6.07) is 6.57. The minimum absolute atomic E-state index is 0.106. The van der Waals surface area contributed by atoms with Gasteiger partial charge in [0.15, 0.2) is 0 Å².